The molecule has 0 aliphatic carbocycles. The number of thiophene rings is 1. The third-order valence-corrected chi connectivity index (χ3v) is 7.49. The molecule has 0 unspecified atom stereocenters. The van der Waals surface area contributed by atoms with E-state index in [-0.39, 0.29) is 24.7 Å². The maximum atomic E-state index is 13.7. The SMILES string of the molecule is CCN(CC)C(=O)c1sc2c(c1C)c(=O)n(Cc1ccccc1)c(=O)n2Cc1cccc([N+](=O)[O-])c1. The number of benzene rings is 2. The summed E-state index contributed by atoms with van der Waals surface area (Å²) in [5, 5.41) is 11.6. The molecule has 0 saturated carbocycles. The summed E-state index contributed by atoms with van der Waals surface area (Å²) >= 11 is 1.12. The van der Waals surface area contributed by atoms with Gasteiger partial charge in [0.15, 0.2) is 0 Å². The number of aryl methyl sites for hydroxylation is 1. The predicted octanol–water partition coefficient (Wildman–Crippen LogP) is 4.02. The average Bonchev–Trinajstić information content (AvgIpc) is 3.23. The minimum atomic E-state index is -0.536. The first-order valence-corrected chi connectivity index (χ1v) is 12.4. The van der Waals surface area contributed by atoms with Gasteiger partial charge in [-0.25, -0.2) is 4.79 Å². The number of hydrogen-bond acceptors (Lipinski definition) is 6. The van der Waals surface area contributed by atoms with Gasteiger partial charge in [0, 0.05) is 25.2 Å². The van der Waals surface area contributed by atoms with Crippen LogP contribution in [0.15, 0.2) is 64.2 Å². The van der Waals surface area contributed by atoms with E-state index in [2.05, 4.69) is 0 Å². The molecular weight excluding hydrogens is 480 g/mol. The summed E-state index contributed by atoms with van der Waals surface area (Å²) in [7, 11) is 0. The van der Waals surface area contributed by atoms with Crippen molar-refractivity contribution in [3.05, 3.63) is 107 Å². The lowest BCUT2D eigenvalue weighted by Gasteiger charge is -2.17. The molecule has 0 saturated heterocycles. The summed E-state index contributed by atoms with van der Waals surface area (Å²) in [6.07, 6.45) is 0. The monoisotopic (exact) mass is 506 g/mol. The Morgan fingerprint density at radius 1 is 0.972 bits per heavy atom. The first-order chi connectivity index (χ1) is 17.3. The topological polar surface area (TPSA) is 107 Å². The van der Waals surface area contributed by atoms with Crippen molar-refractivity contribution in [2.75, 3.05) is 13.1 Å². The lowest BCUT2D eigenvalue weighted by atomic mass is 10.1. The number of nitro benzene ring substituents is 1. The van der Waals surface area contributed by atoms with E-state index in [0.717, 1.165) is 16.9 Å². The van der Waals surface area contributed by atoms with Gasteiger partial charge in [-0.15, -0.1) is 11.3 Å². The van der Waals surface area contributed by atoms with Crippen LogP contribution in [-0.4, -0.2) is 38.0 Å². The lowest BCUT2D eigenvalue weighted by molar-refractivity contribution is -0.384. The van der Waals surface area contributed by atoms with E-state index in [0.29, 0.717) is 39.3 Å². The molecule has 0 N–H and O–H groups in total. The fourth-order valence-electron chi connectivity index (χ4n) is 4.25. The van der Waals surface area contributed by atoms with Gasteiger partial charge in [0.25, 0.3) is 17.2 Å². The van der Waals surface area contributed by atoms with E-state index in [1.54, 1.807) is 24.0 Å². The molecule has 2 aromatic heterocycles. The van der Waals surface area contributed by atoms with Crippen molar-refractivity contribution in [2.24, 2.45) is 0 Å². The Morgan fingerprint density at radius 3 is 2.25 bits per heavy atom. The van der Waals surface area contributed by atoms with Gasteiger partial charge >= 0.3 is 5.69 Å². The van der Waals surface area contributed by atoms with Crippen LogP contribution in [-0.2, 0) is 13.1 Å². The zero-order valence-electron chi connectivity index (χ0n) is 20.3. The highest BCUT2D eigenvalue weighted by atomic mass is 32.1. The molecule has 36 heavy (non-hydrogen) atoms. The third kappa shape index (κ3) is 4.59. The van der Waals surface area contributed by atoms with Gasteiger partial charge in [-0.1, -0.05) is 42.5 Å². The van der Waals surface area contributed by atoms with Gasteiger partial charge in [0.2, 0.25) is 0 Å². The minimum absolute atomic E-state index is 0.0188. The Labute approximate surface area is 211 Å². The molecule has 186 valence electrons. The second-order valence-electron chi connectivity index (χ2n) is 8.39. The van der Waals surface area contributed by atoms with Gasteiger partial charge in [-0.3, -0.25) is 28.8 Å². The summed E-state index contributed by atoms with van der Waals surface area (Å²) in [5.41, 5.74) is 0.776. The van der Waals surface area contributed by atoms with Crippen molar-refractivity contribution >= 4 is 33.1 Å². The number of aromatic nitrogens is 2. The maximum absolute atomic E-state index is 13.7. The zero-order valence-corrected chi connectivity index (χ0v) is 21.1. The molecular formula is C26H26N4O5S. The van der Waals surface area contributed by atoms with Crippen LogP contribution in [0.25, 0.3) is 10.2 Å². The number of non-ortho nitro benzene ring substituents is 1. The van der Waals surface area contributed by atoms with Crippen molar-refractivity contribution in [3.8, 4) is 0 Å². The summed E-state index contributed by atoms with van der Waals surface area (Å²) in [5.74, 6) is -0.193. The number of hydrogen-bond donors (Lipinski definition) is 0. The van der Waals surface area contributed by atoms with Gasteiger partial charge in [-0.05, 0) is 37.5 Å². The van der Waals surface area contributed by atoms with Crippen LogP contribution in [0, 0.1) is 17.0 Å². The van der Waals surface area contributed by atoms with Crippen LogP contribution in [0.1, 0.15) is 40.2 Å². The number of nitrogens with zero attached hydrogens (tertiary/aromatic N) is 4. The number of carbonyl (C=O) groups is 1. The summed E-state index contributed by atoms with van der Waals surface area (Å²) in [6.45, 7) is 6.61. The van der Waals surface area contributed by atoms with Gasteiger partial charge in [0.05, 0.1) is 28.3 Å². The van der Waals surface area contributed by atoms with E-state index in [1.807, 2.05) is 44.2 Å². The molecule has 2 heterocycles. The highest BCUT2D eigenvalue weighted by molar-refractivity contribution is 7.20. The van der Waals surface area contributed by atoms with Gasteiger partial charge in [-0.2, -0.15) is 0 Å². The minimum Gasteiger partial charge on any atom is -0.338 e. The fraction of sp³-hybridized carbons (Fsp3) is 0.269. The number of carbonyl (C=O) groups excluding carboxylic acids is 1. The van der Waals surface area contributed by atoms with Crippen LogP contribution in [0.2, 0.25) is 0 Å². The first-order valence-electron chi connectivity index (χ1n) is 11.6. The number of fused-ring (bicyclic) bond motifs is 1. The molecule has 2 aromatic carbocycles. The molecule has 0 aliphatic rings. The van der Waals surface area contributed by atoms with Crippen LogP contribution < -0.4 is 11.2 Å². The smallest absolute Gasteiger partial charge is 0.332 e. The third-order valence-electron chi connectivity index (χ3n) is 6.18. The van der Waals surface area contributed by atoms with Crippen molar-refractivity contribution in [2.45, 2.75) is 33.9 Å². The number of amides is 1. The molecule has 0 aliphatic heterocycles. The molecule has 0 bridgehead atoms. The lowest BCUT2D eigenvalue weighted by Crippen LogP contribution is -2.40. The van der Waals surface area contributed by atoms with Gasteiger partial charge < -0.3 is 4.90 Å². The van der Waals surface area contributed by atoms with Crippen molar-refractivity contribution in [3.63, 3.8) is 0 Å². The Balaban J connectivity index is 1.97. The molecule has 0 spiro atoms. The van der Waals surface area contributed by atoms with Crippen molar-refractivity contribution < 1.29 is 9.72 Å². The Hall–Kier alpha value is -4.05. The molecule has 4 aromatic rings. The highest BCUT2D eigenvalue weighted by Gasteiger charge is 2.25. The van der Waals surface area contributed by atoms with E-state index in [9.17, 15) is 24.5 Å². The summed E-state index contributed by atoms with van der Waals surface area (Å²) in [6, 6.07) is 15.2. The summed E-state index contributed by atoms with van der Waals surface area (Å²) in [4.78, 5) is 53.8. The quantitative estimate of drug-likeness (QED) is 0.265. The van der Waals surface area contributed by atoms with Crippen LogP contribution >= 0.6 is 11.3 Å². The number of rotatable bonds is 8. The van der Waals surface area contributed by atoms with E-state index in [4.69, 9.17) is 0 Å². The molecule has 9 nitrogen and oxygen atoms in total. The fourth-order valence-corrected chi connectivity index (χ4v) is 5.51. The maximum Gasteiger partial charge on any atom is 0.332 e. The molecule has 4 rings (SSSR count). The zero-order chi connectivity index (χ0) is 26.0. The van der Waals surface area contributed by atoms with Crippen LogP contribution in [0.4, 0.5) is 5.69 Å². The first kappa shape index (κ1) is 25.1. The molecule has 0 fully saturated rings. The van der Waals surface area contributed by atoms with Crippen LogP contribution in [0.3, 0.4) is 0 Å². The van der Waals surface area contributed by atoms with Crippen LogP contribution in [0.5, 0.6) is 0 Å². The molecule has 0 atom stereocenters. The summed E-state index contributed by atoms with van der Waals surface area (Å²) < 4.78 is 2.61. The Kier molecular flexibility index (Phi) is 7.16. The standard InChI is InChI=1S/C26H26N4O5S/c1-4-27(5-2)24(32)22-17(3)21-23(31)28(15-18-10-7-6-8-11-18)26(33)29(25(21)36-22)16-19-12-9-13-20(14-19)30(34)35/h6-14H,4-5,15-16H2,1-3H3. The highest BCUT2D eigenvalue weighted by Crippen LogP contribution is 2.30. The molecule has 10 heteroatoms. The Morgan fingerprint density at radius 2 is 1.61 bits per heavy atom. The second-order valence-corrected chi connectivity index (χ2v) is 9.39. The predicted molar refractivity (Wildman–Crippen MR) is 140 cm³/mol. The average molecular weight is 507 g/mol. The molecule has 1 amide bonds. The normalized spacial score (nSPS) is 11.1. The molecule has 0 radical (unpaired) electrons. The second kappa shape index (κ2) is 10.3. The Bertz CT molecular complexity index is 1570. The van der Waals surface area contributed by atoms with E-state index < -0.39 is 16.2 Å². The largest absolute Gasteiger partial charge is 0.338 e. The van der Waals surface area contributed by atoms with Crippen molar-refractivity contribution in [1.29, 1.82) is 0 Å². The number of nitro groups is 1. The van der Waals surface area contributed by atoms with Gasteiger partial charge in [0.1, 0.15) is 4.83 Å². The van der Waals surface area contributed by atoms with E-state index >= 15 is 0 Å². The van der Waals surface area contributed by atoms with E-state index in [1.165, 1.54) is 21.3 Å². The van der Waals surface area contributed by atoms with Crippen molar-refractivity contribution in [1.82, 2.24) is 14.0 Å².